The summed E-state index contributed by atoms with van der Waals surface area (Å²) in [4.78, 5) is 8.43. The molecule has 4 nitrogen and oxygen atoms in total. The lowest BCUT2D eigenvalue weighted by Gasteiger charge is -2.13. The van der Waals surface area contributed by atoms with Crippen LogP contribution in [0.1, 0.15) is 31.2 Å². The molecule has 0 aromatic carbocycles. The van der Waals surface area contributed by atoms with Gasteiger partial charge in [0.25, 0.3) is 0 Å². The Morgan fingerprint density at radius 1 is 1.47 bits per heavy atom. The van der Waals surface area contributed by atoms with Crippen molar-refractivity contribution >= 4 is 11.6 Å². The summed E-state index contributed by atoms with van der Waals surface area (Å²) >= 11 is 6.20. The molecule has 0 saturated heterocycles. The van der Waals surface area contributed by atoms with Gasteiger partial charge < -0.3 is 10.5 Å². The van der Waals surface area contributed by atoms with Crippen LogP contribution in [0.5, 0.6) is 6.01 Å². The summed E-state index contributed by atoms with van der Waals surface area (Å²) in [5.74, 6) is 0. The van der Waals surface area contributed by atoms with Crippen molar-refractivity contribution in [3.05, 3.63) is 16.4 Å². The number of nitrogens with two attached hydrogens (primary N) is 1. The van der Waals surface area contributed by atoms with Crippen molar-refractivity contribution in [1.82, 2.24) is 9.97 Å². The Hall–Kier alpha value is -0.870. The van der Waals surface area contributed by atoms with E-state index in [-0.39, 0.29) is 5.54 Å². The Bertz CT molecular complexity index is 390. The van der Waals surface area contributed by atoms with E-state index in [1.54, 1.807) is 7.11 Å². The molecule has 0 radical (unpaired) electrons. The first kappa shape index (κ1) is 10.6. The number of ether oxygens (including phenoxy) is 1. The number of halogens is 1. The first-order chi connectivity index (χ1) is 7.10. The largest absolute Gasteiger partial charge is 0.467 e. The number of aryl methyl sites for hydroxylation is 1. The van der Waals surface area contributed by atoms with E-state index in [1.807, 2.05) is 6.92 Å². The van der Waals surface area contributed by atoms with Gasteiger partial charge in [-0.2, -0.15) is 9.97 Å². The zero-order valence-electron chi connectivity index (χ0n) is 8.88. The van der Waals surface area contributed by atoms with Crippen LogP contribution < -0.4 is 10.5 Å². The fourth-order valence-corrected chi connectivity index (χ4v) is 1.90. The molecule has 0 aliphatic heterocycles. The lowest BCUT2D eigenvalue weighted by Crippen LogP contribution is -2.22. The number of hydrogen-bond donors (Lipinski definition) is 1. The molecule has 5 heteroatoms. The summed E-state index contributed by atoms with van der Waals surface area (Å²) in [6, 6.07) is 0.350. The Morgan fingerprint density at radius 2 is 2.13 bits per heavy atom. The van der Waals surface area contributed by atoms with Crippen molar-refractivity contribution in [2.45, 2.75) is 31.7 Å². The summed E-state index contributed by atoms with van der Waals surface area (Å²) in [6.45, 7) is 1.99. The third-order valence-corrected chi connectivity index (χ3v) is 3.07. The van der Waals surface area contributed by atoms with Gasteiger partial charge in [0, 0.05) is 0 Å². The van der Waals surface area contributed by atoms with Gasteiger partial charge in [-0.05, 0) is 19.3 Å². The third kappa shape index (κ3) is 1.79. The minimum atomic E-state index is -0.350. The van der Waals surface area contributed by atoms with Crippen LogP contribution in [0.2, 0.25) is 5.02 Å². The van der Waals surface area contributed by atoms with Crippen LogP contribution in [0.15, 0.2) is 0 Å². The molecule has 2 N–H and O–H groups in total. The molecule has 0 spiro atoms. The van der Waals surface area contributed by atoms with Crippen LogP contribution in [0.25, 0.3) is 0 Å². The smallest absolute Gasteiger partial charge is 0.316 e. The van der Waals surface area contributed by atoms with Gasteiger partial charge in [-0.3, -0.25) is 0 Å². The molecule has 0 atom stereocenters. The van der Waals surface area contributed by atoms with Crippen molar-refractivity contribution in [2.75, 3.05) is 7.11 Å². The second kappa shape index (κ2) is 3.61. The Morgan fingerprint density at radius 3 is 2.60 bits per heavy atom. The number of rotatable bonds is 3. The summed E-state index contributed by atoms with van der Waals surface area (Å²) < 4.78 is 5.04. The molecule has 0 bridgehead atoms. The number of nitrogens with zero attached hydrogens (tertiary/aromatic N) is 2. The molecule has 1 aliphatic rings. The van der Waals surface area contributed by atoms with Gasteiger partial charge in [-0.1, -0.05) is 18.5 Å². The van der Waals surface area contributed by atoms with E-state index >= 15 is 0 Å². The molecular weight excluding hydrogens is 214 g/mol. The summed E-state index contributed by atoms with van der Waals surface area (Å²) in [5, 5.41) is 0.596. The predicted octanol–water partition coefficient (Wildman–Crippen LogP) is 1.65. The SMILES string of the molecule is CCc1nc(OC)nc(C2(N)CC2)c1Cl. The van der Waals surface area contributed by atoms with Gasteiger partial charge in [0.2, 0.25) is 0 Å². The highest BCUT2D eigenvalue weighted by atomic mass is 35.5. The van der Waals surface area contributed by atoms with Crippen LogP contribution >= 0.6 is 11.6 Å². The van der Waals surface area contributed by atoms with Crippen LogP contribution in [0.4, 0.5) is 0 Å². The van der Waals surface area contributed by atoms with Gasteiger partial charge in [-0.15, -0.1) is 0 Å². The molecule has 2 rings (SSSR count). The van der Waals surface area contributed by atoms with Gasteiger partial charge >= 0.3 is 6.01 Å². The van der Waals surface area contributed by atoms with Crippen molar-refractivity contribution < 1.29 is 4.74 Å². The van der Waals surface area contributed by atoms with Crippen LogP contribution in [0.3, 0.4) is 0 Å². The average Bonchev–Trinajstić information content (AvgIpc) is 2.98. The van der Waals surface area contributed by atoms with Crippen LogP contribution in [-0.4, -0.2) is 17.1 Å². The number of hydrogen-bond acceptors (Lipinski definition) is 4. The highest BCUT2D eigenvalue weighted by Crippen LogP contribution is 2.45. The highest BCUT2D eigenvalue weighted by Gasteiger charge is 2.44. The van der Waals surface area contributed by atoms with E-state index in [0.717, 1.165) is 30.7 Å². The van der Waals surface area contributed by atoms with E-state index in [4.69, 9.17) is 22.1 Å². The maximum Gasteiger partial charge on any atom is 0.316 e. The molecule has 0 unspecified atom stereocenters. The Kier molecular flexibility index (Phi) is 2.56. The molecule has 1 aliphatic carbocycles. The minimum Gasteiger partial charge on any atom is -0.467 e. The fraction of sp³-hybridized carbons (Fsp3) is 0.600. The summed E-state index contributed by atoms with van der Waals surface area (Å²) in [6.07, 6.45) is 2.60. The molecule has 0 amide bonds. The molecule has 82 valence electrons. The van der Waals surface area contributed by atoms with Gasteiger partial charge in [0.05, 0.1) is 29.1 Å². The predicted molar refractivity (Wildman–Crippen MR) is 58.1 cm³/mol. The van der Waals surface area contributed by atoms with Crippen molar-refractivity contribution in [3.63, 3.8) is 0 Å². The topological polar surface area (TPSA) is 61.0 Å². The fourth-order valence-electron chi connectivity index (χ4n) is 1.50. The Balaban J connectivity index is 2.52. The second-order valence-corrected chi connectivity index (χ2v) is 4.21. The van der Waals surface area contributed by atoms with Crippen LogP contribution in [0, 0.1) is 0 Å². The molecule has 1 fully saturated rings. The molecular formula is C10H14ClN3O. The van der Waals surface area contributed by atoms with Gasteiger partial charge in [0.15, 0.2) is 0 Å². The molecule has 1 saturated carbocycles. The molecule has 15 heavy (non-hydrogen) atoms. The van der Waals surface area contributed by atoms with Gasteiger partial charge in [-0.25, -0.2) is 0 Å². The molecule has 1 heterocycles. The normalized spacial score (nSPS) is 17.6. The van der Waals surface area contributed by atoms with E-state index in [2.05, 4.69) is 9.97 Å². The molecule has 1 aromatic heterocycles. The second-order valence-electron chi connectivity index (χ2n) is 3.83. The standard InChI is InChI=1S/C10H14ClN3O/c1-3-6-7(11)8(10(12)4-5-10)14-9(13-6)15-2/h3-5,12H2,1-2H3. The van der Waals surface area contributed by atoms with Gasteiger partial charge in [0.1, 0.15) is 0 Å². The van der Waals surface area contributed by atoms with E-state index in [1.165, 1.54) is 0 Å². The zero-order chi connectivity index (χ0) is 11.1. The average molecular weight is 228 g/mol. The lowest BCUT2D eigenvalue weighted by atomic mass is 10.1. The maximum atomic E-state index is 6.20. The quantitative estimate of drug-likeness (QED) is 0.853. The maximum absolute atomic E-state index is 6.20. The van der Waals surface area contributed by atoms with E-state index in [9.17, 15) is 0 Å². The zero-order valence-corrected chi connectivity index (χ0v) is 9.64. The van der Waals surface area contributed by atoms with E-state index in [0.29, 0.717) is 11.0 Å². The monoisotopic (exact) mass is 227 g/mol. The van der Waals surface area contributed by atoms with Crippen molar-refractivity contribution in [3.8, 4) is 6.01 Å². The van der Waals surface area contributed by atoms with Crippen molar-refractivity contribution in [1.29, 1.82) is 0 Å². The third-order valence-electron chi connectivity index (χ3n) is 2.68. The lowest BCUT2D eigenvalue weighted by molar-refractivity contribution is 0.374. The summed E-state index contributed by atoms with van der Waals surface area (Å²) in [7, 11) is 1.54. The first-order valence-corrected chi connectivity index (χ1v) is 5.38. The van der Waals surface area contributed by atoms with E-state index < -0.39 is 0 Å². The highest BCUT2D eigenvalue weighted by molar-refractivity contribution is 6.32. The summed E-state index contributed by atoms with van der Waals surface area (Å²) in [5.41, 5.74) is 7.27. The van der Waals surface area contributed by atoms with Crippen LogP contribution in [-0.2, 0) is 12.0 Å². The Labute approximate surface area is 93.8 Å². The number of methoxy groups -OCH3 is 1. The molecule has 1 aromatic rings. The number of aromatic nitrogens is 2. The minimum absolute atomic E-state index is 0.350. The van der Waals surface area contributed by atoms with Crippen molar-refractivity contribution in [2.24, 2.45) is 5.73 Å². The first-order valence-electron chi connectivity index (χ1n) is 5.00.